The number of nitrogens with one attached hydrogen (secondary N) is 1. The normalized spacial score (nSPS) is 14.7. The van der Waals surface area contributed by atoms with Crippen molar-refractivity contribution in [2.45, 2.75) is 30.4 Å². The fourth-order valence-corrected chi connectivity index (χ4v) is 4.60. The van der Waals surface area contributed by atoms with E-state index in [-0.39, 0.29) is 23.2 Å². The zero-order valence-corrected chi connectivity index (χ0v) is 16.3. The summed E-state index contributed by atoms with van der Waals surface area (Å²) in [5, 5.41) is 12.9. The number of aromatic nitrogens is 2. The molecule has 3 aromatic rings. The Morgan fingerprint density at radius 1 is 1.38 bits per heavy atom. The molecule has 3 rings (SSSR count). The summed E-state index contributed by atoms with van der Waals surface area (Å²) in [6, 6.07) is 6.79. The van der Waals surface area contributed by atoms with Crippen LogP contribution in [0.3, 0.4) is 0 Å². The minimum Gasteiger partial charge on any atom is -0.466 e. The van der Waals surface area contributed by atoms with Crippen molar-refractivity contribution >= 4 is 21.4 Å². The number of imidazole rings is 1. The number of hydrogen-bond donors (Lipinski definition) is 2. The number of nitrogens with zero attached hydrogens (tertiary/aromatic N) is 2. The van der Waals surface area contributed by atoms with Gasteiger partial charge in [-0.05, 0) is 23.6 Å². The number of furan rings is 1. The third kappa shape index (κ3) is 3.48. The van der Waals surface area contributed by atoms with E-state index in [0.29, 0.717) is 10.7 Å². The highest BCUT2D eigenvalue weighted by Gasteiger charge is 2.37. The number of thiophene rings is 1. The van der Waals surface area contributed by atoms with Gasteiger partial charge in [-0.25, -0.2) is 18.1 Å². The lowest BCUT2D eigenvalue weighted by molar-refractivity contribution is 0.0655. The molecule has 7 nitrogen and oxygen atoms in total. The molecule has 0 saturated heterocycles. The molecular weight excluding hydrogens is 374 g/mol. The van der Waals surface area contributed by atoms with Crippen molar-refractivity contribution < 1.29 is 17.9 Å². The van der Waals surface area contributed by atoms with E-state index in [1.165, 1.54) is 23.8 Å². The first-order valence-electron chi connectivity index (χ1n) is 8.07. The number of sulfonamides is 1. The highest BCUT2D eigenvalue weighted by Crippen LogP contribution is 2.33. The van der Waals surface area contributed by atoms with Gasteiger partial charge in [-0.1, -0.05) is 19.9 Å². The number of hydrogen-bond acceptors (Lipinski definition) is 6. The van der Waals surface area contributed by atoms with Gasteiger partial charge in [-0.2, -0.15) is 0 Å². The van der Waals surface area contributed by atoms with E-state index in [2.05, 4.69) is 9.71 Å². The third-order valence-electron chi connectivity index (χ3n) is 4.06. The van der Waals surface area contributed by atoms with Crippen molar-refractivity contribution in [1.29, 1.82) is 0 Å². The molecule has 0 saturated carbocycles. The van der Waals surface area contributed by atoms with Crippen LogP contribution in [0.4, 0.5) is 0 Å². The number of aliphatic hydroxyl groups is 1. The van der Waals surface area contributed by atoms with Crippen LogP contribution in [0.5, 0.6) is 0 Å². The second-order valence-corrected chi connectivity index (χ2v) is 9.00. The van der Waals surface area contributed by atoms with E-state index >= 15 is 0 Å². The minimum atomic E-state index is -3.89. The summed E-state index contributed by atoms with van der Waals surface area (Å²) in [5.74, 6) is 1.03. The number of rotatable bonds is 7. The molecule has 0 fully saturated rings. The summed E-state index contributed by atoms with van der Waals surface area (Å²) in [5.41, 5.74) is -1.60. The lowest BCUT2D eigenvalue weighted by Gasteiger charge is -2.25. The van der Waals surface area contributed by atoms with Crippen LogP contribution >= 0.6 is 11.3 Å². The van der Waals surface area contributed by atoms with Gasteiger partial charge in [0.1, 0.15) is 11.6 Å². The molecule has 0 radical (unpaired) electrons. The van der Waals surface area contributed by atoms with Crippen LogP contribution in [-0.4, -0.2) is 29.6 Å². The largest absolute Gasteiger partial charge is 0.466 e. The van der Waals surface area contributed by atoms with Gasteiger partial charge < -0.3 is 14.1 Å². The molecule has 140 valence electrons. The third-order valence-corrected chi connectivity index (χ3v) is 6.35. The molecule has 0 spiro atoms. The average Bonchev–Trinajstić information content (AvgIpc) is 3.32. The second kappa shape index (κ2) is 6.99. The van der Waals surface area contributed by atoms with Gasteiger partial charge in [0.25, 0.3) is 10.0 Å². The van der Waals surface area contributed by atoms with Gasteiger partial charge >= 0.3 is 0 Å². The smallest absolute Gasteiger partial charge is 0.259 e. The fraction of sp³-hybridized carbons (Fsp3) is 0.353. The van der Waals surface area contributed by atoms with Gasteiger partial charge in [-0.3, -0.25) is 0 Å². The van der Waals surface area contributed by atoms with Gasteiger partial charge in [0, 0.05) is 24.0 Å². The Morgan fingerprint density at radius 3 is 2.69 bits per heavy atom. The first kappa shape index (κ1) is 18.8. The molecular formula is C17H21N3O4S2. The van der Waals surface area contributed by atoms with E-state index in [4.69, 9.17) is 4.42 Å². The zero-order chi connectivity index (χ0) is 18.9. The van der Waals surface area contributed by atoms with Gasteiger partial charge in [-0.15, -0.1) is 11.3 Å². The summed E-state index contributed by atoms with van der Waals surface area (Å²) < 4.78 is 34.9. The minimum absolute atomic E-state index is 0.0725. The van der Waals surface area contributed by atoms with Crippen molar-refractivity contribution in [2.24, 2.45) is 7.05 Å². The van der Waals surface area contributed by atoms with Crippen LogP contribution in [0.2, 0.25) is 0 Å². The maximum Gasteiger partial charge on any atom is 0.259 e. The molecule has 26 heavy (non-hydrogen) atoms. The van der Waals surface area contributed by atoms with Crippen molar-refractivity contribution in [3.8, 4) is 0 Å². The fourth-order valence-electron chi connectivity index (χ4n) is 2.72. The summed E-state index contributed by atoms with van der Waals surface area (Å²) >= 11 is 1.32. The van der Waals surface area contributed by atoms with E-state index in [1.807, 2.05) is 19.2 Å². The lowest BCUT2D eigenvalue weighted by atomic mass is 9.99. The Morgan fingerprint density at radius 2 is 2.15 bits per heavy atom. The van der Waals surface area contributed by atoms with Crippen LogP contribution in [0, 0.1) is 0 Å². The molecule has 0 aliphatic carbocycles. The second-order valence-electron chi connectivity index (χ2n) is 6.34. The topological polar surface area (TPSA) is 97.4 Å². The monoisotopic (exact) mass is 395 g/mol. The van der Waals surface area contributed by atoms with Gasteiger partial charge in [0.2, 0.25) is 0 Å². The summed E-state index contributed by atoms with van der Waals surface area (Å²) in [6.07, 6.45) is 2.91. The molecule has 3 aromatic heterocycles. The van der Waals surface area contributed by atoms with E-state index in [9.17, 15) is 13.5 Å². The standard InChI is InChI=1S/C17H21N3O4S2/c1-12(2)16-19-15(10-20(16)3)26(22,23)18-11-17(21,13-6-4-8-24-13)14-7-5-9-25-14/h4-10,12,18,21H,11H2,1-3H3/t17-/m0/s1. The first-order chi connectivity index (χ1) is 12.2. The van der Waals surface area contributed by atoms with Crippen LogP contribution in [0.15, 0.2) is 51.5 Å². The molecule has 0 amide bonds. The Kier molecular flexibility index (Phi) is 5.07. The average molecular weight is 396 g/mol. The Balaban J connectivity index is 1.89. The van der Waals surface area contributed by atoms with Crippen LogP contribution in [-0.2, 0) is 22.7 Å². The van der Waals surface area contributed by atoms with Crippen LogP contribution < -0.4 is 4.72 Å². The quantitative estimate of drug-likeness (QED) is 0.640. The molecule has 0 unspecified atom stereocenters. The summed E-state index contributed by atoms with van der Waals surface area (Å²) in [4.78, 5) is 4.80. The molecule has 0 bridgehead atoms. The van der Waals surface area contributed by atoms with E-state index in [1.54, 1.807) is 35.9 Å². The van der Waals surface area contributed by atoms with Gasteiger partial charge in [0.05, 0.1) is 12.8 Å². The molecule has 9 heteroatoms. The van der Waals surface area contributed by atoms with Crippen LogP contribution in [0.1, 0.15) is 36.2 Å². The zero-order valence-electron chi connectivity index (χ0n) is 14.7. The molecule has 3 heterocycles. The predicted molar refractivity (Wildman–Crippen MR) is 98.5 cm³/mol. The van der Waals surface area contributed by atoms with Crippen molar-refractivity contribution in [1.82, 2.24) is 14.3 Å². The van der Waals surface area contributed by atoms with Crippen molar-refractivity contribution in [2.75, 3.05) is 6.54 Å². The highest BCUT2D eigenvalue weighted by atomic mass is 32.2. The summed E-state index contributed by atoms with van der Waals surface area (Å²) in [6.45, 7) is 3.62. The van der Waals surface area contributed by atoms with Crippen LogP contribution in [0.25, 0.3) is 0 Å². The number of aryl methyl sites for hydroxylation is 1. The molecule has 0 aliphatic rings. The molecule has 0 aromatic carbocycles. The van der Waals surface area contributed by atoms with E-state index in [0.717, 1.165) is 0 Å². The Bertz CT molecular complexity index is 924. The summed E-state index contributed by atoms with van der Waals surface area (Å²) in [7, 11) is -2.13. The maximum atomic E-state index is 12.7. The Labute approximate surface area is 156 Å². The van der Waals surface area contributed by atoms with Crippen molar-refractivity contribution in [3.63, 3.8) is 0 Å². The van der Waals surface area contributed by atoms with Gasteiger partial charge in [0.15, 0.2) is 10.6 Å². The molecule has 1 atom stereocenters. The molecule has 0 aliphatic heterocycles. The molecule has 2 N–H and O–H groups in total. The predicted octanol–water partition coefficient (Wildman–Crippen LogP) is 2.41. The van der Waals surface area contributed by atoms with Crippen molar-refractivity contribution in [3.05, 3.63) is 58.6 Å². The lowest BCUT2D eigenvalue weighted by Crippen LogP contribution is -2.41. The Hall–Kier alpha value is -1.94. The highest BCUT2D eigenvalue weighted by molar-refractivity contribution is 7.89. The van der Waals surface area contributed by atoms with E-state index < -0.39 is 15.6 Å². The maximum absolute atomic E-state index is 12.7. The SMILES string of the molecule is CC(C)c1nc(S(=O)(=O)NC[C@](O)(c2ccco2)c2cccs2)cn1C. The first-order valence-corrected chi connectivity index (χ1v) is 10.4.